The summed E-state index contributed by atoms with van der Waals surface area (Å²) in [7, 11) is 0. The predicted molar refractivity (Wildman–Crippen MR) is 102 cm³/mol. The van der Waals surface area contributed by atoms with Crippen LogP contribution in [-0.4, -0.2) is 20.5 Å². The number of para-hydroxylation sites is 1. The van der Waals surface area contributed by atoms with Crippen molar-refractivity contribution in [1.29, 1.82) is 0 Å². The molecule has 4 rings (SSSR count). The molecule has 4 aromatic rings. The van der Waals surface area contributed by atoms with Crippen LogP contribution in [0.5, 0.6) is 0 Å². The summed E-state index contributed by atoms with van der Waals surface area (Å²) in [6.07, 6.45) is 2.04. The van der Waals surface area contributed by atoms with Crippen LogP contribution in [0.2, 0.25) is 0 Å². The Hall–Kier alpha value is -3.47. The van der Waals surface area contributed by atoms with Gasteiger partial charge in [0.15, 0.2) is 11.3 Å². The van der Waals surface area contributed by atoms with Crippen LogP contribution in [0.4, 0.5) is 5.69 Å². The quantitative estimate of drug-likeness (QED) is 0.622. The molecule has 0 bridgehead atoms. The highest BCUT2D eigenvalue weighted by Gasteiger charge is 2.20. The molecule has 2 heterocycles. The molecule has 0 saturated heterocycles. The Labute approximate surface area is 151 Å². The molecular weight excluding hydrogens is 324 g/mol. The molecule has 0 fully saturated rings. The molecule has 26 heavy (non-hydrogen) atoms. The standard InChI is InChI=1S/C21H18N4O/c1-14-18(13-16-9-5-3-6-10-16)20-22-15(2)19(25(20)24-14)21(26)23-17-11-7-4-8-12-17/h3-13H,1-2H3,(H,23,26)/b18-13-. The van der Waals surface area contributed by atoms with Gasteiger partial charge in [-0.2, -0.15) is 5.10 Å². The topological polar surface area (TPSA) is 59.3 Å². The predicted octanol–water partition coefficient (Wildman–Crippen LogP) is 3.15. The van der Waals surface area contributed by atoms with Gasteiger partial charge >= 0.3 is 0 Å². The average molecular weight is 342 g/mol. The molecule has 5 nitrogen and oxygen atoms in total. The van der Waals surface area contributed by atoms with E-state index in [1.807, 2.05) is 80.6 Å². The second-order valence-electron chi connectivity index (χ2n) is 6.16. The van der Waals surface area contributed by atoms with Crippen LogP contribution in [0.3, 0.4) is 0 Å². The molecular formula is C21H18N4O. The van der Waals surface area contributed by atoms with Gasteiger partial charge in [0.25, 0.3) is 5.91 Å². The first-order valence-electron chi connectivity index (χ1n) is 8.42. The molecule has 0 aliphatic rings. The zero-order chi connectivity index (χ0) is 18.1. The highest BCUT2D eigenvalue weighted by Crippen LogP contribution is 2.14. The summed E-state index contributed by atoms with van der Waals surface area (Å²) < 4.78 is 1.64. The number of anilines is 1. The largest absolute Gasteiger partial charge is 0.321 e. The van der Waals surface area contributed by atoms with Crippen molar-refractivity contribution in [2.45, 2.75) is 13.8 Å². The van der Waals surface area contributed by atoms with E-state index in [-0.39, 0.29) is 5.91 Å². The second kappa shape index (κ2) is 6.44. The summed E-state index contributed by atoms with van der Waals surface area (Å²) in [6.45, 7) is 3.76. The zero-order valence-corrected chi connectivity index (χ0v) is 14.6. The number of benzene rings is 2. The third-order valence-electron chi connectivity index (χ3n) is 4.27. The summed E-state index contributed by atoms with van der Waals surface area (Å²) in [5, 5.41) is 8.39. The van der Waals surface area contributed by atoms with Gasteiger partial charge in [-0.05, 0) is 37.6 Å². The van der Waals surface area contributed by atoms with E-state index in [0.717, 1.165) is 22.2 Å². The van der Waals surface area contributed by atoms with E-state index in [1.165, 1.54) is 0 Å². The fraction of sp³-hybridized carbons (Fsp3) is 0.0952. The average Bonchev–Trinajstić information content (AvgIpc) is 3.11. The second-order valence-corrected chi connectivity index (χ2v) is 6.16. The lowest BCUT2D eigenvalue weighted by Gasteiger charge is -2.04. The molecule has 5 heteroatoms. The lowest BCUT2D eigenvalue weighted by molar-refractivity contribution is 0.102. The van der Waals surface area contributed by atoms with Crippen LogP contribution in [0.15, 0.2) is 60.7 Å². The maximum Gasteiger partial charge on any atom is 0.276 e. The number of aryl methyl sites for hydroxylation is 2. The van der Waals surface area contributed by atoms with E-state index < -0.39 is 0 Å². The minimum absolute atomic E-state index is 0.218. The number of carbonyl (C=O) groups excluding carboxylic acids is 1. The number of hydrogen-bond acceptors (Lipinski definition) is 3. The molecule has 2 aromatic heterocycles. The Bertz CT molecular complexity index is 1130. The molecule has 1 amide bonds. The fourth-order valence-corrected chi connectivity index (χ4v) is 3.01. The number of fused-ring (bicyclic) bond motifs is 1. The molecule has 0 atom stereocenters. The van der Waals surface area contributed by atoms with E-state index in [1.54, 1.807) is 4.52 Å². The maximum atomic E-state index is 12.8. The molecule has 0 saturated carbocycles. The van der Waals surface area contributed by atoms with Crippen molar-refractivity contribution in [2.24, 2.45) is 0 Å². The van der Waals surface area contributed by atoms with Crippen molar-refractivity contribution in [2.75, 3.05) is 5.32 Å². The van der Waals surface area contributed by atoms with Crippen LogP contribution >= 0.6 is 0 Å². The molecule has 0 aliphatic heterocycles. The zero-order valence-electron chi connectivity index (χ0n) is 14.6. The van der Waals surface area contributed by atoms with Gasteiger partial charge in [0.05, 0.1) is 11.4 Å². The first-order valence-corrected chi connectivity index (χ1v) is 8.42. The van der Waals surface area contributed by atoms with Crippen molar-refractivity contribution in [1.82, 2.24) is 14.6 Å². The normalized spacial score (nSPS) is 11.8. The Morgan fingerprint density at radius 1 is 0.962 bits per heavy atom. The molecule has 128 valence electrons. The smallest absolute Gasteiger partial charge is 0.276 e. The number of carbonyl (C=O) groups is 1. The summed E-state index contributed by atoms with van der Waals surface area (Å²) in [4.78, 5) is 17.4. The fourth-order valence-electron chi connectivity index (χ4n) is 3.01. The molecule has 2 aromatic carbocycles. The first-order chi connectivity index (χ1) is 12.6. The lowest BCUT2D eigenvalue weighted by atomic mass is 10.2. The van der Waals surface area contributed by atoms with E-state index >= 15 is 0 Å². The summed E-state index contributed by atoms with van der Waals surface area (Å²) >= 11 is 0. The number of nitrogens with zero attached hydrogens (tertiary/aromatic N) is 3. The van der Waals surface area contributed by atoms with E-state index in [2.05, 4.69) is 15.4 Å². The summed E-state index contributed by atoms with van der Waals surface area (Å²) in [6, 6.07) is 19.4. The number of amides is 1. The SMILES string of the molecule is Cc1nc2/c(=C\c3ccccc3)c(C)nn2c1C(=O)Nc1ccccc1. The number of hydrogen-bond donors (Lipinski definition) is 1. The molecule has 0 unspecified atom stereocenters. The Morgan fingerprint density at radius 3 is 2.31 bits per heavy atom. The molecule has 1 N–H and O–H groups in total. The van der Waals surface area contributed by atoms with Crippen LogP contribution < -0.4 is 10.5 Å². The molecule has 0 spiro atoms. The monoisotopic (exact) mass is 342 g/mol. The van der Waals surface area contributed by atoms with Crippen LogP contribution in [0.25, 0.3) is 11.7 Å². The van der Waals surface area contributed by atoms with E-state index in [0.29, 0.717) is 17.0 Å². The van der Waals surface area contributed by atoms with Gasteiger partial charge in [-0.15, -0.1) is 0 Å². The van der Waals surface area contributed by atoms with Crippen molar-refractivity contribution in [3.63, 3.8) is 0 Å². The Morgan fingerprint density at radius 2 is 1.62 bits per heavy atom. The number of aromatic nitrogens is 3. The van der Waals surface area contributed by atoms with Crippen molar-refractivity contribution >= 4 is 23.3 Å². The van der Waals surface area contributed by atoms with Crippen LogP contribution in [0, 0.1) is 13.8 Å². The summed E-state index contributed by atoms with van der Waals surface area (Å²) in [5.74, 6) is -0.218. The van der Waals surface area contributed by atoms with Gasteiger partial charge in [0.1, 0.15) is 0 Å². The van der Waals surface area contributed by atoms with Gasteiger partial charge < -0.3 is 5.32 Å². The van der Waals surface area contributed by atoms with Crippen molar-refractivity contribution in [3.8, 4) is 0 Å². The highest BCUT2D eigenvalue weighted by molar-refractivity contribution is 6.04. The Balaban J connectivity index is 1.81. The van der Waals surface area contributed by atoms with Crippen molar-refractivity contribution < 1.29 is 4.79 Å². The summed E-state index contributed by atoms with van der Waals surface area (Å²) in [5.41, 5.74) is 4.46. The highest BCUT2D eigenvalue weighted by atomic mass is 16.2. The van der Waals surface area contributed by atoms with Gasteiger partial charge in [-0.25, -0.2) is 9.50 Å². The van der Waals surface area contributed by atoms with E-state index in [4.69, 9.17) is 0 Å². The molecule has 0 radical (unpaired) electrons. The molecule has 0 aliphatic carbocycles. The maximum absolute atomic E-state index is 12.8. The van der Waals surface area contributed by atoms with Gasteiger partial charge in [-0.1, -0.05) is 48.5 Å². The third kappa shape index (κ3) is 2.84. The third-order valence-corrected chi connectivity index (χ3v) is 4.27. The van der Waals surface area contributed by atoms with Crippen molar-refractivity contribution in [3.05, 3.63) is 88.5 Å². The Kier molecular flexibility index (Phi) is 3.97. The van der Waals surface area contributed by atoms with Gasteiger partial charge in [0.2, 0.25) is 0 Å². The van der Waals surface area contributed by atoms with Gasteiger partial charge in [0, 0.05) is 10.9 Å². The lowest BCUT2D eigenvalue weighted by Crippen LogP contribution is -2.16. The van der Waals surface area contributed by atoms with Gasteiger partial charge in [-0.3, -0.25) is 4.79 Å². The minimum atomic E-state index is -0.218. The number of rotatable bonds is 3. The first kappa shape index (κ1) is 16.0. The number of imidazole rings is 1. The van der Waals surface area contributed by atoms with E-state index in [9.17, 15) is 4.79 Å². The minimum Gasteiger partial charge on any atom is -0.321 e. The van der Waals surface area contributed by atoms with Crippen LogP contribution in [0.1, 0.15) is 27.4 Å². The number of nitrogens with one attached hydrogen (secondary N) is 1. The van der Waals surface area contributed by atoms with Crippen LogP contribution in [-0.2, 0) is 0 Å².